The van der Waals surface area contributed by atoms with E-state index in [1.165, 1.54) is 37.2 Å². The van der Waals surface area contributed by atoms with Gasteiger partial charge in [0.2, 0.25) is 11.8 Å². The van der Waals surface area contributed by atoms with E-state index >= 15 is 0 Å². The van der Waals surface area contributed by atoms with Crippen LogP contribution in [0, 0.1) is 5.82 Å². The van der Waals surface area contributed by atoms with Gasteiger partial charge in [-0.05, 0) is 43.9 Å². The lowest BCUT2D eigenvalue weighted by atomic mass is 10.1. The van der Waals surface area contributed by atoms with Crippen LogP contribution in [0.1, 0.15) is 39.2 Å². The molecule has 0 aliphatic heterocycles. The molecule has 2 aromatic carbocycles. The smallest absolute Gasteiger partial charge is 0.304 e. The van der Waals surface area contributed by atoms with Crippen LogP contribution in [0.2, 0.25) is 0 Å². The Labute approximate surface area is 214 Å². The fourth-order valence-electron chi connectivity index (χ4n) is 3.69. The summed E-state index contributed by atoms with van der Waals surface area (Å²) in [5.41, 5.74) is 0.735. The third-order valence-corrected chi connectivity index (χ3v) is 7.82. The molecule has 0 unspecified atom stereocenters. The van der Waals surface area contributed by atoms with Crippen molar-refractivity contribution in [2.24, 2.45) is 0 Å². The lowest BCUT2D eigenvalue weighted by Gasteiger charge is -2.34. The highest BCUT2D eigenvalue weighted by molar-refractivity contribution is 7.90. The summed E-state index contributed by atoms with van der Waals surface area (Å²) >= 11 is 0. The van der Waals surface area contributed by atoms with Crippen molar-refractivity contribution < 1.29 is 22.4 Å². The molecular weight excluding hydrogens is 483 g/mol. The minimum absolute atomic E-state index is 0.0818. The second-order valence-corrected chi connectivity index (χ2v) is 10.9. The summed E-state index contributed by atoms with van der Waals surface area (Å²) in [4.78, 5) is 28.2. The number of carbonyl (C=O) groups excluding carboxylic acids is 2. The number of nitrogens with one attached hydrogen (secondary N) is 1. The molecule has 0 radical (unpaired) electrons. The molecule has 0 aliphatic carbocycles. The summed E-state index contributed by atoms with van der Waals surface area (Å²) in [5, 5.41) is 2.92. The Bertz CT molecular complexity index is 1110. The molecule has 0 bridgehead atoms. The Balaban J connectivity index is 2.44. The van der Waals surface area contributed by atoms with Crippen molar-refractivity contribution in [3.8, 4) is 0 Å². The predicted molar refractivity (Wildman–Crippen MR) is 140 cm³/mol. The average Bonchev–Trinajstić information content (AvgIpc) is 2.85. The Morgan fingerprint density at radius 3 is 2.14 bits per heavy atom. The van der Waals surface area contributed by atoms with Crippen molar-refractivity contribution in [3.05, 3.63) is 66.0 Å². The molecule has 0 spiro atoms. The third-order valence-electron chi connectivity index (χ3n) is 6.01. The van der Waals surface area contributed by atoms with E-state index in [1.807, 2.05) is 44.2 Å². The van der Waals surface area contributed by atoms with Gasteiger partial charge in [0.05, 0.1) is 5.69 Å². The topological polar surface area (TPSA) is 90.0 Å². The molecule has 0 aliphatic rings. The number of halogens is 1. The van der Waals surface area contributed by atoms with Gasteiger partial charge >= 0.3 is 10.2 Å². The molecule has 2 aromatic rings. The van der Waals surface area contributed by atoms with Gasteiger partial charge in [-0.1, -0.05) is 56.3 Å². The van der Waals surface area contributed by atoms with Crippen molar-refractivity contribution in [3.63, 3.8) is 0 Å². The summed E-state index contributed by atoms with van der Waals surface area (Å²) in [5.74, 6) is -1.67. The highest BCUT2D eigenvalue weighted by Gasteiger charge is 2.34. The van der Waals surface area contributed by atoms with E-state index < -0.39 is 34.5 Å². The number of rotatable bonds is 13. The van der Waals surface area contributed by atoms with Crippen molar-refractivity contribution >= 4 is 27.7 Å². The number of nitrogens with zero attached hydrogens (tertiary/aromatic N) is 3. The van der Waals surface area contributed by atoms with Gasteiger partial charge in [-0.15, -0.1) is 0 Å². The van der Waals surface area contributed by atoms with Gasteiger partial charge < -0.3 is 10.2 Å². The minimum atomic E-state index is -4.21. The van der Waals surface area contributed by atoms with E-state index in [1.54, 1.807) is 6.92 Å². The Morgan fingerprint density at radius 2 is 1.58 bits per heavy atom. The lowest BCUT2D eigenvalue weighted by molar-refractivity contribution is -0.139. The predicted octanol–water partition coefficient (Wildman–Crippen LogP) is 3.20. The fourth-order valence-corrected chi connectivity index (χ4v) is 4.76. The van der Waals surface area contributed by atoms with Crippen LogP contribution in [0.25, 0.3) is 0 Å². The van der Waals surface area contributed by atoms with Gasteiger partial charge in [0.15, 0.2) is 0 Å². The van der Waals surface area contributed by atoms with Crippen LogP contribution in [0.15, 0.2) is 54.6 Å². The van der Waals surface area contributed by atoms with Crippen LogP contribution in [0.5, 0.6) is 0 Å². The first-order chi connectivity index (χ1) is 17.0. The van der Waals surface area contributed by atoms with E-state index in [4.69, 9.17) is 0 Å². The molecule has 8 nitrogen and oxygen atoms in total. The number of anilines is 1. The second-order valence-electron chi connectivity index (χ2n) is 8.81. The summed E-state index contributed by atoms with van der Waals surface area (Å²) in [6, 6.07) is 14.0. The van der Waals surface area contributed by atoms with Crippen molar-refractivity contribution in [2.45, 2.75) is 52.1 Å². The summed E-state index contributed by atoms with van der Waals surface area (Å²) in [7, 11) is -1.58. The molecule has 2 atom stereocenters. The van der Waals surface area contributed by atoms with E-state index in [2.05, 4.69) is 5.32 Å². The molecular formula is C26H37FN4O4S. The summed E-state index contributed by atoms with van der Waals surface area (Å²) < 4.78 is 42.6. The SMILES string of the molecule is CC[C@H](C(=O)N[C@@H](C)CC)N(CCc1ccccc1)C(=O)CN(c1ccccc1F)S(=O)(=O)N(C)C. The van der Waals surface area contributed by atoms with Crippen LogP contribution in [-0.2, 0) is 26.2 Å². The van der Waals surface area contributed by atoms with Gasteiger partial charge in [0, 0.05) is 26.7 Å². The van der Waals surface area contributed by atoms with Gasteiger partial charge in [-0.2, -0.15) is 12.7 Å². The number of hydrogen-bond donors (Lipinski definition) is 1. The molecule has 2 rings (SSSR count). The largest absolute Gasteiger partial charge is 0.352 e. The Morgan fingerprint density at radius 1 is 0.972 bits per heavy atom. The maximum absolute atomic E-state index is 14.7. The van der Waals surface area contributed by atoms with Crippen LogP contribution in [0.3, 0.4) is 0 Å². The maximum atomic E-state index is 14.7. The zero-order valence-electron chi connectivity index (χ0n) is 21.6. The van der Waals surface area contributed by atoms with E-state index in [0.717, 1.165) is 26.7 Å². The quantitative estimate of drug-likeness (QED) is 0.439. The maximum Gasteiger partial charge on any atom is 0.304 e. The Hall–Kier alpha value is -2.98. The number of para-hydroxylation sites is 1. The monoisotopic (exact) mass is 520 g/mol. The van der Waals surface area contributed by atoms with Crippen molar-refractivity contribution in [2.75, 3.05) is 31.5 Å². The van der Waals surface area contributed by atoms with Crippen LogP contribution >= 0.6 is 0 Å². The van der Waals surface area contributed by atoms with Crippen molar-refractivity contribution in [1.82, 2.24) is 14.5 Å². The van der Waals surface area contributed by atoms with Gasteiger partial charge in [0.1, 0.15) is 18.4 Å². The molecule has 198 valence electrons. The number of amides is 2. The molecule has 0 fully saturated rings. The molecule has 0 saturated carbocycles. The highest BCUT2D eigenvalue weighted by Crippen LogP contribution is 2.23. The summed E-state index contributed by atoms with van der Waals surface area (Å²) in [6.45, 7) is 5.17. The van der Waals surface area contributed by atoms with Crippen molar-refractivity contribution in [1.29, 1.82) is 0 Å². The van der Waals surface area contributed by atoms with E-state index in [9.17, 15) is 22.4 Å². The number of benzene rings is 2. The normalized spacial score (nSPS) is 13.2. The minimum Gasteiger partial charge on any atom is -0.352 e. The Kier molecular flexibility index (Phi) is 10.9. The zero-order valence-corrected chi connectivity index (χ0v) is 22.5. The van der Waals surface area contributed by atoms with Gasteiger partial charge in [-0.3, -0.25) is 9.59 Å². The number of hydrogen-bond acceptors (Lipinski definition) is 4. The molecule has 2 amide bonds. The molecule has 0 aromatic heterocycles. The zero-order chi connectivity index (χ0) is 26.9. The standard InChI is InChI=1S/C26H37FN4O4S/c1-6-20(3)28-26(33)23(7-2)30(18-17-21-13-9-8-10-14-21)25(32)19-31(36(34,35)29(4)5)24-16-12-11-15-22(24)27/h8-16,20,23H,6-7,17-19H2,1-5H3,(H,28,33)/t20-,23+/m0/s1. The molecule has 0 heterocycles. The molecule has 0 saturated heterocycles. The van der Waals surface area contributed by atoms with Gasteiger partial charge in [-0.25, -0.2) is 8.70 Å². The first-order valence-electron chi connectivity index (χ1n) is 12.1. The highest BCUT2D eigenvalue weighted by atomic mass is 32.2. The average molecular weight is 521 g/mol. The van der Waals surface area contributed by atoms with Crippen LogP contribution < -0.4 is 9.62 Å². The van der Waals surface area contributed by atoms with E-state index in [-0.39, 0.29) is 24.2 Å². The fraction of sp³-hybridized carbons (Fsp3) is 0.462. The van der Waals surface area contributed by atoms with E-state index in [0.29, 0.717) is 12.8 Å². The first kappa shape index (κ1) is 29.3. The molecule has 36 heavy (non-hydrogen) atoms. The van der Waals surface area contributed by atoms with Crippen LogP contribution in [0.4, 0.5) is 10.1 Å². The first-order valence-corrected chi connectivity index (χ1v) is 13.5. The molecule has 1 N–H and O–H groups in total. The lowest BCUT2D eigenvalue weighted by Crippen LogP contribution is -2.55. The number of carbonyl (C=O) groups is 2. The molecule has 10 heteroatoms. The second kappa shape index (κ2) is 13.4. The third kappa shape index (κ3) is 7.51. The summed E-state index contributed by atoms with van der Waals surface area (Å²) in [6.07, 6.45) is 1.53. The van der Waals surface area contributed by atoms with Gasteiger partial charge in [0.25, 0.3) is 0 Å². The van der Waals surface area contributed by atoms with Crippen LogP contribution in [-0.4, -0.2) is 68.7 Å².